The fraction of sp³-hybridized carbons (Fsp3) is 0.353. The molecule has 0 bridgehead atoms. The molecular weight excluding hydrogens is 327 g/mol. The standard InChI is InChI=1S/C17H19FN4O3/c1-11(23)19-13-5-6-22(9-13)17(24)16-8-14(20-21-16)10-25-15-4-2-3-12(18)7-15/h2-4,7-8,13H,5-6,9-10H2,1H3,(H,19,23)(H,20,21). The molecule has 1 unspecified atom stereocenters. The van der Waals surface area contributed by atoms with E-state index in [4.69, 9.17) is 4.74 Å². The van der Waals surface area contributed by atoms with Gasteiger partial charge in [0.15, 0.2) is 5.69 Å². The molecule has 2 N–H and O–H groups in total. The lowest BCUT2D eigenvalue weighted by atomic mass is 10.2. The quantitative estimate of drug-likeness (QED) is 0.858. The fourth-order valence-electron chi connectivity index (χ4n) is 2.77. The number of hydrogen-bond donors (Lipinski definition) is 2. The van der Waals surface area contributed by atoms with Crippen molar-refractivity contribution >= 4 is 11.8 Å². The number of H-pyrrole nitrogens is 1. The first-order valence-electron chi connectivity index (χ1n) is 8.00. The van der Waals surface area contributed by atoms with Gasteiger partial charge in [0.05, 0.1) is 5.69 Å². The Hall–Kier alpha value is -2.90. The lowest BCUT2D eigenvalue weighted by molar-refractivity contribution is -0.119. The average Bonchev–Trinajstić information content (AvgIpc) is 3.21. The van der Waals surface area contributed by atoms with Crippen LogP contribution in [0.5, 0.6) is 5.75 Å². The third-order valence-corrected chi connectivity index (χ3v) is 3.92. The number of carbonyl (C=O) groups excluding carboxylic acids is 2. The van der Waals surface area contributed by atoms with Crippen LogP contribution in [0.15, 0.2) is 30.3 Å². The number of ether oxygens (including phenoxy) is 1. The van der Waals surface area contributed by atoms with Gasteiger partial charge in [-0.15, -0.1) is 0 Å². The molecule has 2 heterocycles. The Labute approximate surface area is 144 Å². The van der Waals surface area contributed by atoms with Crippen LogP contribution in [0.3, 0.4) is 0 Å². The van der Waals surface area contributed by atoms with Gasteiger partial charge in [-0.3, -0.25) is 14.7 Å². The zero-order valence-electron chi connectivity index (χ0n) is 13.8. The highest BCUT2D eigenvalue weighted by molar-refractivity contribution is 5.92. The first-order valence-corrected chi connectivity index (χ1v) is 8.00. The minimum Gasteiger partial charge on any atom is -0.487 e. The van der Waals surface area contributed by atoms with Crippen molar-refractivity contribution in [2.75, 3.05) is 13.1 Å². The van der Waals surface area contributed by atoms with E-state index in [-0.39, 0.29) is 30.3 Å². The second-order valence-corrected chi connectivity index (χ2v) is 5.96. The van der Waals surface area contributed by atoms with Gasteiger partial charge >= 0.3 is 0 Å². The molecule has 1 aromatic heterocycles. The molecule has 25 heavy (non-hydrogen) atoms. The number of aromatic amines is 1. The van der Waals surface area contributed by atoms with Gasteiger partial charge in [-0.1, -0.05) is 6.07 Å². The molecule has 1 saturated heterocycles. The Kier molecular flexibility index (Phi) is 4.97. The molecule has 2 amide bonds. The number of aromatic nitrogens is 2. The van der Waals surface area contributed by atoms with Crippen molar-refractivity contribution in [2.45, 2.75) is 26.0 Å². The molecule has 0 saturated carbocycles. The zero-order valence-corrected chi connectivity index (χ0v) is 13.8. The Morgan fingerprint density at radius 1 is 1.44 bits per heavy atom. The molecule has 7 nitrogen and oxygen atoms in total. The van der Waals surface area contributed by atoms with Crippen LogP contribution in [0.2, 0.25) is 0 Å². The first kappa shape index (κ1) is 16.9. The van der Waals surface area contributed by atoms with E-state index in [1.807, 2.05) is 0 Å². The van der Waals surface area contributed by atoms with E-state index in [2.05, 4.69) is 15.5 Å². The number of hydrogen-bond acceptors (Lipinski definition) is 4. The Balaban J connectivity index is 1.56. The van der Waals surface area contributed by atoms with E-state index in [0.717, 1.165) is 6.42 Å². The van der Waals surface area contributed by atoms with E-state index in [0.29, 0.717) is 30.2 Å². The summed E-state index contributed by atoms with van der Waals surface area (Å²) in [5, 5.41) is 9.59. The van der Waals surface area contributed by atoms with Crippen molar-refractivity contribution < 1.29 is 18.7 Å². The molecule has 8 heteroatoms. The van der Waals surface area contributed by atoms with Gasteiger partial charge in [0.25, 0.3) is 5.91 Å². The van der Waals surface area contributed by atoms with Crippen molar-refractivity contribution in [1.82, 2.24) is 20.4 Å². The Morgan fingerprint density at radius 2 is 2.28 bits per heavy atom. The average molecular weight is 346 g/mol. The summed E-state index contributed by atoms with van der Waals surface area (Å²) in [5.74, 6) is -0.266. The number of benzene rings is 1. The van der Waals surface area contributed by atoms with Crippen molar-refractivity contribution in [1.29, 1.82) is 0 Å². The summed E-state index contributed by atoms with van der Waals surface area (Å²) in [6.45, 7) is 2.66. The smallest absolute Gasteiger partial charge is 0.274 e. The summed E-state index contributed by atoms with van der Waals surface area (Å²) in [5.41, 5.74) is 0.909. The van der Waals surface area contributed by atoms with E-state index in [1.165, 1.54) is 19.1 Å². The van der Waals surface area contributed by atoms with Crippen LogP contribution in [0.25, 0.3) is 0 Å². The molecule has 2 aromatic rings. The highest BCUT2D eigenvalue weighted by atomic mass is 19.1. The van der Waals surface area contributed by atoms with Crippen molar-refractivity contribution in [2.24, 2.45) is 0 Å². The third-order valence-electron chi connectivity index (χ3n) is 3.92. The van der Waals surface area contributed by atoms with Crippen LogP contribution >= 0.6 is 0 Å². The van der Waals surface area contributed by atoms with Crippen molar-refractivity contribution in [3.63, 3.8) is 0 Å². The van der Waals surface area contributed by atoms with E-state index in [1.54, 1.807) is 23.1 Å². The maximum atomic E-state index is 13.1. The summed E-state index contributed by atoms with van der Waals surface area (Å²) in [6, 6.07) is 7.44. The summed E-state index contributed by atoms with van der Waals surface area (Å²) in [7, 11) is 0. The van der Waals surface area contributed by atoms with Crippen molar-refractivity contribution in [3.8, 4) is 5.75 Å². The van der Waals surface area contributed by atoms with Gasteiger partial charge < -0.3 is 15.0 Å². The van der Waals surface area contributed by atoms with Crippen LogP contribution in [0.1, 0.15) is 29.5 Å². The molecule has 0 spiro atoms. The number of rotatable bonds is 5. The summed E-state index contributed by atoms with van der Waals surface area (Å²) in [4.78, 5) is 25.2. The van der Waals surface area contributed by atoms with E-state index in [9.17, 15) is 14.0 Å². The monoisotopic (exact) mass is 346 g/mol. The summed E-state index contributed by atoms with van der Waals surface area (Å²) in [6.07, 6.45) is 0.727. The molecule has 1 aliphatic rings. The zero-order chi connectivity index (χ0) is 17.8. The van der Waals surface area contributed by atoms with Gasteiger partial charge in [-0.2, -0.15) is 5.10 Å². The highest BCUT2D eigenvalue weighted by Gasteiger charge is 2.28. The van der Waals surface area contributed by atoms with Gasteiger partial charge in [0, 0.05) is 32.1 Å². The van der Waals surface area contributed by atoms with Crippen molar-refractivity contribution in [3.05, 3.63) is 47.5 Å². The number of halogens is 1. The number of likely N-dealkylation sites (tertiary alicyclic amines) is 1. The molecular formula is C17H19FN4O3. The normalized spacial score (nSPS) is 16.7. The molecule has 0 radical (unpaired) electrons. The largest absolute Gasteiger partial charge is 0.487 e. The maximum Gasteiger partial charge on any atom is 0.274 e. The van der Waals surface area contributed by atoms with E-state index < -0.39 is 0 Å². The molecule has 0 aliphatic carbocycles. The van der Waals surface area contributed by atoms with Crippen LogP contribution in [-0.2, 0) is 11.4 Å². The second kappa shape index (κ2) is 7.33. The van der Waals surface area contributed by atoms with Gasteiger partial charge in [-0.05, 0) is 24.6 Å². The minimum atomic E-state index is -0.374. The first-order chi connectivity index (χ1) is 12.0. The minimum absolute atomic E-state index is 0.0174. The van der Waals surface area contributed by atoms with Crippen LogP contribution in [0.4, 0.5) is 4.39 Å². The topological polar surface area (TPSA) is 87.3 Å². The number of carbonyl (C=O) groups is 2. The van der Waals surface area contributed by atoms with Gasteiger partial charge in [0.1, 0.15) is 18.2 Å². The molecule has 1 aromatic carbocycles. The van der Waals surface area contributed by atoms with Crippen LogP contribution in [-0.4, -0.2) is 46.0 Å². The predicted molar refractivity (Wildman–Crippen MR) is 87.4 cm³/mol. The highest BCUT2D eigenvalue weighted by Crippen LogP contribution is 2.16. The SMILES string of the molecule is CC(=O)NC1CCN(C(=O)c2cc(COc3cccc(F)c3)[nH]n2)C1. The maximum absolute atomic E-state index is 13.1. The summed E-state index contributed by atoms with van der Waals surface area (Å²) >= 11 is 0. The molecule has 1 atom stereocenters. The van der Waals surface area contributed by atoms with Gasteiger partial charge in [-0.25, -0.2) is 4.39 Å². The predicted octanol–water partition coefficient (Wildman–Crippen LogP) is 1.48. The number of amides is 2. The summed E-state index contributed by atoms with van der Waals surface area (Å²) < 4.78 is 18.6. The lowest BCUT2D eigenvalue weighted by Gasteiger charge is -2.15. The fourth-order valence-corrected chi connectivity index (χ4v) is 2.77. The Bertz CT molecular complexity index is 777. The second-order valence-electron chi connectivity index (χ2n) is 5.96. The third kappa shape index (κ3) is 4.34. The molecule has 1 fully saturated rings. The van der Waals surface area contributed by atoms with Crippen LogP contribution < -0.4 is 10.1 Å². The van der Waals surface area contributed by atoms with E-state index >= 15 is 0 Å². The molecule has 132 valence electrons. The van der Waals surface area contributed by atoms with Gasteiger partial charge in [0.2, 0.25) is 5.91 Å². The van der Waals surface area contributed by atoms with Crippen LogP contribution in [0, 0.1) is 5.82 Å². The number of nitrogens with one attached hydrogen (secondary N) is 2. The molecule has 3 rings (SSSR count). The lowest BCUT2D eigenvalue weighted by Crippen LogP contribution is -2.37. The molecule has 1 aliphatic heterocycles. The number of nitrogens with zero attached hydrogens (tertiary/aromatic N) is 2. The Morgan fingerprint density at radius 3 is 3.04 bits per heavy atom.